The molecule has 178 valence electrons. The number of carbonyl (C=O) groups is 2. The summed E-state index contributed by atoms with van der Waals surface area (Å²) >= 11 is 0. The summed E-state index contributed by atoms with van der Waals surface area (Å²) in [6.45, 7) is 0.923. The summed E-state index contributed by atoms with van der Waals surface area (Å²) in [5.74, 6) is -2.50. The van der Waals surface area contributed by atoms with Crippen molar-refractivity contribution >= 4 is 17.5 Å². The van der Waals surface area contributed by atoms with Crippen LogP contribution in [0.1, 0.15) is 46.7 Å². The third-order valence-electron chi connectivity index (χ3n) is 7.61. The van der Waals surface area contributed by atoms with Gasteiger partial charge in [-0.1, -0.05) is 12.1 Å². The molecule has 0 aromatic heterocycles. The van der Waals surface area contributed by atoms with Gasteiger partial charge in [-0.15, -0.1) is 0 Å². The molecule has 1 saturated carbocycles. The average Bonchev–Trinajstić information content (AvgIpc) is 3.47. The fraction of sp³-hybridized carbons (Fsp3) is 0.583. The predicted octanol–water partition coefficient (Wildman–Crippen LogP) is 2.42. The number of carbonyl (C=O) groups excluding carboxylic acids is 2. The second kappa shape index (κ2) is 7.80. The minimum atomic E-state index is -1.03. The minimum absolute atomic E-state index is 0.0603. The van der Waals surface area contributed by atoms with Crippen LogP contribution in [0, 0.1) is 5.41 Å². The molecule has 1 aromatic rings. The van der Waals surface area contributed by atoms with Crippen LogP contribution in [0.25, 0.3) is 5.57 Å². The van der Waals surface area contributed by atoms with Gasteiger partial charge in [0.05, 0.1) is 40.5 Å². The molecule has 4 aliphatic rings. The lowest BCUT2D eigenvalue weighted by Crippen LogP contribution is -2.53. The van der Waals surface area contributed by atoms with E-state index < -0.39 is 34.7 Å². The van der Waals surface area contributed by atoms with Crippen LogP contribution in [-0.2, 0) is 33.2 Å². The van der Waals surface area contributed by atoms with Gasteiger partial charge in [-0.25, -0.2) is 4.79 Å². The van der Waals surface area contributed by atoms with Gasteiger partial charge in [0.25, 0.3) is 0 Å². The number of rotatable bonds is 6. The van der Waals surface area contributed by atoms with Crippen LogP contribution in [0.5, 0.6) is 5.75 Å². The first-order valence-corrected chi connectivity index (χ1v) is 10.9. The van der Waals surface area contributed by atoms with Gasteiger partial charge in [0, 0.05) is 25.4 Å². The van der Waals surface area contributed by atoms with E-state index in [0.29, 0.717) is 43.8 Å². The van der Waals surface area contributed by atoms with Crippen LogP contribution < -0.4 is 4.74 Å². The van der Waals surface area contributed by atoms with Crippen molar-refractivity contribution in [3.63, 3.8) is 0 Å². The second-order valence-electron chi connectivity index (χ2n) is 8.88. The van der Waals surface area contributed by atoms with Crippen molar-refractivity contribution in [3.05, 3.63) is 34.9 Å². The highest BCUT2D eigenvalue weighted by atomic mass is 16.8. The molecule has 1 heterocycles. The number of hydrogen-bond donors (Lipinski definition) is 0. The van der Waals surface area contributed by atoms with E-state index in [1.807, 2.05) is 6.07 Å². The number of fused-ring (bicyclic) bond motifs is 4. The molecule has 2 fully saturated rings. The molecule has 3 atom stereocenters. The number of benzene rings is 1. The Labute approximate surface area is 191 Å². The summed E-state index contributed by atoms with van der Waals surface area (Å²) in [5.41, 5.74) is 0.968. The van der Waals surface area contributed by atoms with Crippen LogP contribution in [-0.4, -0.2) is 71.8 Å². The van der Waals surface area contributed by atoms with E-state index in [9.17, 15) is 9.59 Å². The van der Waals surface area contributed by atoms with Gasteiger partial charge in [0.2, 0.25) is 0 Å². The molecule has 3 aliphatic carbocycles. The maximum atomic E-state index is 13.4. The highest BCUT2D eigenvalue weighted by Gasteiger charge is 2.75. The molecule has 2 spiro atoms. The molecule has 9 nitrogen and oxygen atoms in total. The van der Waals surface area contributed by atoms with Crippen LogP contribution in [0.15, 0.2) is 18.2 Å². The highest BCUT2D eigenvalue weighted by Crippen LogP contribution is 2.73. The van der Waals surface area contributed by atoms with Crippen molar-refractivity contribution in [1.29, 1.82) is 0 Å². The molecule has 1 saturated heterocycles. The molecule has 0 amide bonds. The van der Waals surface area contributed by atoms with E-state index >= 15 is 0 Å². The zero-order valence-corrected chi connectivity index (χ0v) is 19.2. The number of allylic oxidation sites excluding steroid dienone is 1. The summed E-state index contributed by atoms with van der Waals surface area (Å²) in [4.78, 5) is 26.3. The first-order chi connectivity index (χ1) is 15.9. The van der Waals surface area contributed by atoms with E-state index in [2.05, 4.69) is 6.08 Å². The number of esters is 2. The SMILES string of the molecule is COCO[C@]12CC=C3c4ccc(OC)c(C(=O)OC)c4[C@@H](C(=O)OC)[C@@]3(CC13OCCO3)C2. The number of hydrogen-bond acceptors (Lipinski definition) is 9. The lowest BCUT2D eigenvalue weighted by molar-refractivity contribution is -0.285. The molecule has 9 heteroatoms. The Morgan fingerprint density at radius 2 is 1.82 bits per heavy atom. The van der Waals surface area contributed by atoms with Crippen LogP contribution >= 0.6 is 0 Å². The van der Waals surface area contributed by atoms with Crippen LogP contribution in [0.3, 0.4) is 0 Å². The van der Waals surface area contributed by atoms with E-state index in [0.717, 1.165) is 11.1 Å². The van der Waals surface area contributed by atoms with Gasteiger partial charge < -0.3 is 33.2 Å². The largest absolute Gasteiger partial charge is 0.496 e. The normalized spacial score (nSPS) is 30.5. The maximum Gasteiger partial charge on any atom is 0.341 e. The Morgan fingerprint density at radius 1 is 1.06 bits per heavy atom. The zero-order chi connectivity index (χ0) is 23.4. The topological polar surface area (TPSA) is 98.8 Å². The first kappa shape index (κ1) is 22.3. The van der Waals surface area contributed by atoms with Gasteiger partial charge in [-0.05, 0) is 29.2 Å². The molecule has 5 rings (SSSR count). The Balaban J connectivity index is 1.75. The van der Waals surface area contributed by atoms with Gasteiger partial charge in [0.1, 0.15) is 23.7 Å². The Morgan fingerprint density at radius 3 is 2.45 bits per heavy atom. The van der Waals surface area contributed by atoms with Crippen LogP contribution in [0.2, 0.25) is 0 Å². The standard InChI is InChI=1S/C24H28O9/c1-27-13-33-23-8-7-15-14-5-6-16(28-2)18(20(25)29-3)17(14)19(21(26)30-4)22(15,11-23)12-24(23)31-9-10-32-24/h5-7,19H,8-13H2,1-4H3/t19-,22+,23-/m0/s1. The monoisotopic (exact) mass is 460 g/mol. The van der Waals surface area contributed by atoms with Crippen molar-refractivity contribution in [2.45, 2.75) is 36.6 Å². The molecule has 2 bridgehead atoms. The van der Waals surface area contributed by atoms with Crippen molar-refractivity contribution in [1.82, 2.24) is 0 Å². The summed E-state index contributed by atoms with van der Waals surface area (Å²) in [6.07, 6.45) is 3.42. The molecule has 33 heavy (non-hydrogen) atoms. The minimum Gasteiger partial charge on any atom is -0.496 e. The smallest absolute Gasteiger partial charge is 0.341 e. The van der Waals surface area contributed by atoms with Gasteiger partial charge in [0.15, 0.2) is 5.79 Å². The molecular formula is C24H28O9. The lowest BCUT2D eigenvalue weighted by atomic mass is 9.68. The Bertz CT molecular complexity index is 1030. The quantitative estimate of drug-likeness (QED) is 0.468. The molecule has 0 unspecified atom stereocenters. The number of methoxy groups -OCH3 is 4. The molecule has 1 aromatic carbocycles. The lowest BCUT2D eigenvalue weighted by Gasteiger charge is -2.42. The molecule has 0 N–H and O–H groups in total. The summed E-state index contributed by atoms with van der Waals surface area (Å²) in [7, 11) is 5.70. The summed E-state index contributed by atoms with van der Waals surface area (Å²) < 4.78 is 39.8. The van der Waals surface area contributed by atoms with Crippen molar-refractivity contribution in [2.75, 3.05) is 48.4 Å². The fourth-order valence-corrected chi connectivity index (χ4v) is 6.48. The third kappa shape index (κ3) is 2.79. The molecular weight excluding hydrogens is 432 g/mol. The molecule has 1 aliphatic heterocycles. The Hall–Kier alpha value is -2.46. The zero-order valence-electron chi connectivity index (χ0n) is 19.2. The van der Waals surface area contributed by atoms with E-state index in [4.69, 9.17) is 33.2 Å². The van der Waals surface area contributed by atoms with Gasteiger partial charge in [-0.2, -0.15) is 0 Å². The van der Waals surface area contributed by atoms with Crippen molar-refractivity contribution < 1.29 is 42.7 Å². The summed E-state index contributed by atoms with van der Waals surface area (Å²) in [6, 6.07) is 3.62. The van der Waals surface area contributed by atoms with E-state index in [-0.39, 0.29) is 12.4 Å². The van der Waals surface area contributed by atoms with Crippen molar-refractivity contribution in [2.24, 2.45) is 5.41 Å². The van der Waals surface area contributed by atoms with Gasteiger partial charge >= 0.3 is 11.9 Å². The number of ether oxygens (including phenoxy) is 7. The predicted molar refractivity (Wildman–Crippen MR) is 114 cm³/mol. The third-order valence-corrected chi connectivity index (χ3v) is 7.61. The fourth-order valence-electron chi connectivity index (χ4n) is 6.48. The average molecular weight is 460 g/mol. The van der Waals surface area contributed by atoms with E-state index in [1.54, 1.807) is 13.2 Å². The first-order valence-electron chi connectivity index (χ1n) is 10.9. The maximum absolute atomic E-state index is 13.4. The van der Waals surface area contributed by atoms with Crippen LogP contribution in [0.4, 0.5) is 0 Å². The second-order valence-corrected chi connectivity index (χ2v) is 8.88. The van der Waals surface area contributed by atoms with E-state index in [1.165, 1.54) is 21.3 Å². The van der Waals surface area contributed by atoms with Crippen molar-refractivity contribution in [3.8, 4) is 5.75 Å². The molecule has 0 radical (unpaired) electrons. The Kier molecular flexibility index (Phi) is 5.28. The summed E-state index contributed by atoms with van der Waals surface area (Å²) in [5, 5.41) is 0. The highest BCUT2D eigenvalue weighted by molar-refractivity contribution is 6.03. The van der Waals surface area contributed by atoms with Gasteiger partial charge in [-0.3, -0.25) is 4.79 Å².